The van der Waals surface area contributed by atoms with Gasteiger partial charge in [-0.1, -0.05) is 0 Å². The van der Waals surface area contributed by atoms with Gasteiger partial charge in [0.2, 0.25) is 5.91 Å². The standard InChI is InChI=1S/C18H25N5O2/c1-11-8-12(2)21-18(20-11)23-14(4)16(13(3)22-23)9-17(24)19-10-15-6-5-7-25-15/h8,15H,5-7,9-10H2,1-4H3,(H,19,24)/t15-/m1/s1. The molecule has 1 atom stereocenters. The number of nitrogens with zero attached hydrogens (tertiary/aromatic N) is 4. The number of nitrogens with one attached hydrogen (secondary N) is 1. The van der Waals surface area contributed by atoms with Crippen LogP contribution in [-0.2, 0) is 16.0 Å². The molecule has 25 heavy (non-hydrogen) atoms. The maximum Gasteiger partial charge on any atom is 0.251 e. The Kier molecular flexibility index (Phi) is 5.13. The van der Waals surface area contributed by atoms with Gasteiger partial charge >= 0.3 is 0 Å². The van der Waals surface area contributed by atoms with Crippen LogP contribution in [0.3, 0.4) is 0 Å². The lowest BCUT2D eigenvalue weighted by Crippen LogP contribution is -2.33. The average Bonchev–Trinajstić information content (AvgIpc) is 3.15. The number of hydrogen-bond donors (Lipinski definition) is 1. The zero-order valence-electron chi connectivity index (χ0n) is 15.3. The third-order valence-electron chi connectivity index (χ3n) is 4.49. The number of rotatable bonds is 5. The van der Waals surface area contributed by atoms with Crippen LogP contribution in [0, 0.1) is 27.7 Å². The number of carbonyl (C=O) groups is 1. The molecule has 3 rings (SSSR count). The predicted molar refractivity (Wildman–Crippen MR) is 93.8 cm³/mol. The summed E-state index contributed by atoms with van der Waals surface area (Å²) in [5.41, 5.74) is 4.44. The number of aryl methyl sites for hydroxylation is 3. The Morgan fingerprint density at radius 2 is 2.00 bits per heavy atom. The maximum absolute atomic E-state index is 12.3. The predicted octanol–water partition coefficient (Wildman–Crippen LogP) is 1.73. The van der Waals surface area contributed by atoms with Crippen LogP contribution >= 0.6 is 0 Å². The van der Waals surface area contributed by atoms with Crippen LogP contribution in [0.4, 0.5) is 0 Å². The summed E-state index contributed by atoms with van der Waals surface area (Å²) in [6.07, 6.45) is 2.54. The summed E-state index contributed by atoms with van der Waals surface area (Å²) in [6.45, 7) is 9.10. The highest BCUT2D eigenvalue weighted by Crippen LogP contribution is 2.17. The largest absolute Gasteiger partial charge is 0.376 e. The van der Waals surface area contributed by atoms with Gasteiger partial charge in [0.25, 0.3) is 5.95 Å². The minimum absolute atomic E-state index is 0.0115. The van der Waals surface area contributed by atoms with Crippen LogP contribution in [0.15, 0.2) is 6.07 Å². The van der Waals surface area contributed by atoms with Gasteiger partial charge in [0.05, 0.1) is 18.2 Å². The van der Waals surface area contributed by atoms with Crippen molar-refractivity contribution in [1.82, 2.24) is 25.1 Å². The third-order valence-corrected chi connectivity index (χ3v) is 4.49. The van der Waals surface area contributed by atoms with E-state index in [2.05, 4.69) is 20.4 Å². The molecule has 134 valence electrons. The van der Waals surface area contributed by atoms with Crippen molar-refractivity contribution in [2.75, 3.05) is 13.2 Å². The summed E-state index contributed by atoms with van der Waals surface area (Å²) in [6, 6.07) is 1.93. The van der Waals surface area contributed by atoms with Gasteiger partial charge in [-0.25, -0.2) is 14.6 Å². The fourth-order valence-corrected chi connectivity index (χ4v) is 3.18. The Labute approximate surface area is 147 Å². The highest BCUT2D eigenvalue weighted by atomic mass is 16.5. The molecule has 2 aromatic heterocycles. The summed E-state index contributed by atoms with van der Waals surface area (Å²) in [7, 11) is 0. The minimum Gasteiger partial charge on any atom is -0.376 e. The van der Waals surface area contributed by atoms with Gasteiger partial charge in [0.15, 0.2) is 0 Å². The molecular weight excluding hydrogens is 318 g/mol. The molecule has 3 heterocycles. The first-order valence-corrected chi connectivity index (χ1v) is 8.70. The van der Waals surface area contributed by atoms with E-state index in [4.69, 9.17) is 4.74 Å². The Hall–Kier alpha value is -2.28. The number of hydrogen-bond acceptors (Lipinski definition) is 5. The first-order valence-electron chi connectivity index (χ1n) is 8.70. The van der Waals surface area contributed by atoms with E-state index >= 15 is 0 Å². The van der Waals surface area contributed by atoms with Gasteiger partial charge in [0, 0.05) is 35.8 Å². The normalized spacial score (nSPS) is 17.0. The monoisotopic (exact) mass is 343 g/mol. The molecule has 0 aromatic carbocycles. The zero-order chi connectivity index (χ0) is 18.0. The summed E-state index contributed by atoms with van der Waals surface area (Å²) >= 11 is 0. The van der Waals surface area contributed by atoms with Crippen molar-refractivity contribution in [1.29, 1.82) is 0 Å². The molecule has 1 aliphatic heterocycles. The quantitative estimate of drug-likeness (QED) is 0.894. The summed E-state index contributed by atoms with van der Waals surface area (Å²) in [5, 5.41) is 7.50. The van der Waals surface area contributed by atoms with Crippen LogP contribution < -0.4 is 5.32 Å². The zero-order valence-corrected chi connectivity index (χ0v) is 15.3. The van der Waals surface area contributed by atoms with Crippen LogP contribution in [-0.4, -0.2) is 44.9 Å². The molecule has 2 aromatic rings. The van der Waals surface area contributed by atoms with E-state index in [0.29, 0.717) is 18.9 Å². The van der Waals surface area contributed by atoms with Gasteiger partial charge in [0.1, 0.15) is 0 Å². The molecule has 1 aliphatic rings. The SMILES string of the molecule is Cc1cc(C)nc(-n2nc(C)c(CC(=O)NC[C@H]3CCCO3)c2C)n1. The van der Waals surface area contributed by atoms with Crippen LogP contribution in [0.5, 0.6) is 0 Å². The van der Waals surface area contributed by atoms with E-state index < -0.39 is 0 Å². The lowest BCUT2D eigenvalue weighted by molar-refractivity contribution is -0.120. The van der Waals surface area contributed by atoms with Crippen molar-refractivity contribution in [3.05, 3.63) is 34.4 Å². The van der Waals surface area contributed by atoms with Gasteiger partial charge < -0.3 is 10.1 Å². The number of ether oxygens (including phenoxy) is 1. The third kappa shape index (κ3) is 4.04. The number of amides is 1. The average molecular weight is 343 g/mol. The molecular formula is C18H25N5O2. The van der Waals surface area contributed by atoms with E-state index in [1.807, 2.05) is 33.8 Å². The Morgan fingerprint density at radius 1 is 1.28 bits per heavy atom. The number of carbonyl (C=O) groups excluding carboxylic acids is 1. The van der Waals surface area contributed by atoms with E-state index in [-0.39, 0.29) is 12.0 Å². The van der Waals surface area contributed by atoms with E-state index in [9.17, 15) is 4.79 Å². The van der Waals surface area contributed by atoms with Crippen molar-refractivity contribution in [3.8, 4) is 5.95 Å². The second-order valence-electron chi connectivity index (χ2n) is 6.63. The summed E-state index contributed by atoms with van der Waals surface area (Å²) < 4.78 is 7.26. The fraction of sp³-hybridized carbons (Fsp3) is 0.556. The second-order valence-corrected chi connectivity index (χ2v) is 6.63. The maximum atomic E-state index is 12.3. The molecule has 1 N–H and O–H groups in total. The van der Waals surface area contributed by atoms with E-state index in [1.54, 1.807) is 4.68 Å². The summed E-state index contributed by atoms with van der Waals surface area (Å²) in [4.78, 5) is 21.2. The molecule has 0 bridgehead atoms. The molecule has 1 amide bonds. The van der Waals surface area contributed by atoms with Gasteiger partial charge in [-0.05, 0) is 46.6 Å². The fourth-order valence-electron chi connectivity index (χ4n) is 3.18. The Balaban J connectivity index is 1.74. The van der Waals surface area contributed by atoms with E-state index in [1.165, 1.54) is 0 Å². The molecule has 1 fully saturated rings. The lowest BCUT2D eigenvalue weighted by Gasteiger charge is -2.11. The van der Waals surface area contributed by atoms with Gasteiger partial charge in [-0.3, -0.25) is 4.79 Å². The molecule has 1 saturated heterocycles. The second kappa shape index (κ2) is 7.31. The molecule has 0 spiro atoms. The smallest absolute Gasteiger partial charge is 0.251 e. The highest BCUT2D eigenvalue weighted by molar-refractivity contribution is 5.79. The van der Waals surface area contributed by atoms with Crippen molar-refractivity contribution in [2.45, 2.75) is 53.1 Å². The molecule has 0 unspecified atom stereocenters. The lowest BCUT2D eigenvalue weighted by atomic mass is 10.1. The molecule has 0 radical (unpaired) electrons. The van der Waals surface area contributed by atoms with Crippen molar-refractivity contribution in [2.24, 2.45) is 0 Å². The van der Waals surface area contributed by atoms with Crippen LogP contribution in [0.2, 0.25) is 0 Å². The Morgan fingerprint density at radius 3 is 2.64 bits per heavy atom. The first kappa shape index (κ1) is 17.5. The topological polar surface area (TPSA) is 81.9 Å². The molecule has 7 heteroatoms. The highest BCUT2D eigenvalue weighted by Gasteiger charge is 2.19. The van der Waals surface area contributed by atoms with Crippen molar-refractivity contribution >= 4 is 5.91 Å². The Bertz CT molecular complexity index is 758. The molecule has 7 nitrogen and oxygen atoms in total. The van der Waals surface area contributed by atoms with Gasteiger partial charge in [-0.2, -0.15) is 5.10 Å². The van der Waals surface area contributed by atoms with Gasteiger partial charge in [-0.15, -0.1) is 0 Å². The summed E-state index contributed by atoms with van der Waals surface area (Å²) in [5.74, 6) is 0.534. The van der Waals surface area contributed by atoms with Crippen LogP contribution in [0.25, 0.3) is 5.95 Å². The molecule has 0 aliphatic carbocycles. The van der Waals surface area contributed by atoms with E-state index in [0.717, 1.165) is 47.8 Å². The molecule has 0 saturated carbocycles. The number of aromatic nitrogens is 4. The van der Waals surface area contributed by atoms with Crippen LogP contribution in [0.1, 0.15) is 41.2 Å². The van der Waals surface area contributed by atoms with Crippen molar-refractivity contribution < 1.29 is 9.53 Å². The van der Waals surface area contributed by atoms with Crippen molar-refractivity contribution in [3.63, 3.8) is 0 Å². The first-order chi connectivity index (χ1) is 11.9. The minimum atomic E-state index is -0.0115.